The number of hydrogen-bond donors (Lipinski definition) is 1. The smallest absolute Gasteiger partial charge is 0.266 e. The standard InChI is InChI=1S/C25H18ClN3O2/c1-17-6-2-5-9-23(17)29-25(30)21(15-28)12-18-10-11-24(22(26)13-18)31-16-20-8-4-3-7-19(20)14-27/h2-13H,16H2,1H3,(H,29,30)/b21-12+. The largest absolute Gasteiger partial charge is 0.487 e. The van der Waals surface area contributed by atoms with Crippen molar-refractivity contribution in [1.82, 2.24) is 0 Å². The van der Waals surface area contributed by atoms with E-state index < -0.39 is 5.91 Å². The number of carbonyl (C=O) groups excluding carboxylic acids is 1. The minimum atomic E-state index is -0.499. The van der Waals surface area contributed by atoms with Crippen molar-refractivity contribution in [3.63, 3.8) is 0 Å². The molecule has 31 heavy (non-hydrogen) atoms. The Kier molecular flexibility index (Phi) is 7.06. The maximum absolute atomic E-state index is 12.5. The zero-order chi connectivity index (χ0) is 22.2. The van der Waals surface area contributed by atoms with Gasteiger partial charge >= 0.3 is 0 Å². The number of hydrogen-bond acceptors (Lipinski definition) is 4. The highest BCUT2D eigenvalue weighted by Crippen LogP contribution is 2.28. The number of ether oxygens (including phenoxy) is 1. The van der Waals surface area contributed by atoms with Crippen LogP contribution in [0.4, 0.5) is 5.69 Å². The lowest BCUT2D eigenvalue weighted by atomic mass is 10.1. The molecule has 0 saturated heterocycles. The number of amides is 1. The third kappa shape index (κ3) is 5.51. The van der Waals surface area contributed by atoms with Gasteiger partial charge < -0.3 is 10.1 Å². The molecule has 0 aromatic heterocycles. The normalized spacial score (nSPS) is 10.6. The van der Waals surface area contributed by atoms with E-state index in [0.29, 0.717) is 27.6 Å². The number of aryl methyl sites for hydroxylation is 1. The molecule has 1 amide bonds. The lowest BCUT2D eigenvalue weighted by molar-refractivity contribution is -0.112. The van der Waals surface area contributed by atoms with Gasteiger partial charge in [0.25, 0.3) is 5.91 Å². The zero-order valence-corrected chi connectivity index (χ0v) is 17.5. The molecule has 0 unspecified atom stereocenters. The number of benzene rings is 3. The molecule has 0 aliphatic rings. The van der Waals surface area contributed by atoms with Gasteiger partial charge in [-0.05, 0) is 48.4 Å². The average Bonchev–Trinajstić information content (AvgIpc) is 2.78. The van der Waals surface area contributed by atoms with Gasteiger partial charge in [-0.2, -0.15) is 10.5 Å². The van der Waals surface area contributed by atoms with Crippen LogP contribution in [-0.4, -0.2) is 5.91 Å². The van der Waals surface area contributed by atoms with E-state index in [1.54, 1.807) is 36.4 Å². The Morgan fingerprint density at radius 1 is 1.10 bits per heavy atom. The topological polar surface area (TPSA) is 85.9 Å². The summed E-state index contributed by atoms with van der Waals surface area (Å²) in [5, 5.41) is 21.7. The summed E-state index contributed by atoms with van der Waals surface area (Å²) in [5.74, 6) is -0.0595. The number of carbonyl (C=O) groups is 1. The number of nitrogens with one attached hydrogen (secondary N) is 1. The fourth-order valence-corrected chi connectivity index (χ4v) is 3.10. The molecule has 0 aliphatic carbocycles. The molecule has 152 valence electrons. The molecule has 0 bridgehead atoms. The van der Waals surface area contributed by atoms with Crippen LogP contribution >= 0.6 is 11.6 Å². The van der Waals surface area contributed by atoms with Crippen molar-refractivity contribution in [3.8, 4) is 17.9 Å². The molecule has 0 fully saturated rings. The predicted molar refractivity (Wildman–Crippen MR) is 120 cm³/mol. The van der Waals surface area contributed by atoms with Gasteiger partial charge in [0.15, 0.2) is 0 Å². The molecule has 0 aliphatic heterocycles. The van der Waals surface area contributed by atoms with E-state index in [-0.39, 0.29) is 12.2 Å². The Balaban J connectivity index is 1.74. The first-order chi connectivity index (χ1) is 15.0. The van der Waals surface area contributed by atoms with Crippen LogP contribution in [0.25, 0.3) is 6.08 Å². The molecular weight excluding hydrogens is 410 g/mol. The molecule has 0 spiro atoms. The molecule has 3 aromatic rings. The fourth-order valence-electron chi connectivity index (χ4n) is 2.85. The summed E-state index contributed by atoms with van der Waals surface area (Å²) in [6, 6.07) is 23.5. The van der Waals surface area contributed by atoms with E-state index >= 15 is 0 Å². The van der Waals surface area contributed by atoms with Crippen LogP contribution in [0.15, 0.2) is 72.3 Å². The summed E-state index contributed by atoms with van der Waals surface area (Å²) in [7, 11) is 0. The van der Waals surface area contributed by atoms with Crippen molar-refractivity contribution in [2.24, 2.45) is 0 Å². The summed E-state index contributed by atoms with van der Waals surface area (Å²) in [5.41, 5.74) is 3.38. The SMILES string of the molecule is Cc1ccccc1NC(=O)/C(C#N)=C/c1ccc(OCc2ccccc2C#N)c(Cl)c1. The van der Waals surface area contributed by atoms with Crippen LogP contribution in [0.1, 0.15) is 22.3 Å². The highest BCUT2D eigenvalue weighted by atomic mass is 35.5. The predicted octanol–water partition coefficient (Wildman–Crippen LogP) is 5.64. The first-order valence-electron chi connectivity index (χ1n) is 9.41. The van der Waals surface area contributed by atoms with Crippen LogP contribution in [-0.2, 0) is 11.4 Å². The summed E-state index contributed by atoms with van der Waals surface area (Å²) in [6.45, 7) is 2.07. The number of rotatable bonds is 6. The van der Waals surface area contributed by atoms with E-state index in [1.165, 1.54) is 6.08 Å². The Morgan fingerprint density at radius 2 is 1.84 bits per heavy atom. The van der Waals surface area contributed by atoms with Crippen LogP contribution in [0.3, 0.4) is 0 Å². The van der Waals surface area contributed by atoms with Gasteiger partial charge in [0.2, 0.25) is 0 Å². The molecule has 0 atom stereocenters. The Hall–Kier alpha value is -4.06. The Labute approximate surface area is 185 Å². The highest BCUT2D eigenvalue weighted by molar-refractivity contribution is 6.32. The maximum Gasteiger partial charge on any atom is 0.266 e. The van der Waals surface area contributed by atoms with Crippen LogP contribution < -0.4 is 10.1 Å². The Bertz CT molecular complexity index is 1240. The van der Waals surface area contributed by atoms with Crippen LogP contribution in [0, 0.1) is 29.6 Å². The molecule has 3 aromatic carbocycles. The number of anilines is 1. The van der Waals surface area contributed by atoms with Crippen molar-refractivity contribution in [2.75, 3.05) is 5.32 Å². The summed E-state index contributed by atoms with van der Waals surface area (Å²) < 4.78 is 5.74. The first kappa shape index (κ1) is 21.6. The van der Waals surface area contributed by atoms with Crippen molar-refractivity contribution < 1.29 is 9.53 Å². The molecule has 0 radical (unpaired) electrons. The van der Waals surface area contributed by atoms with Crippen LogP contribution in [0.2, 0.25) is 5.02 Å². The minimum absolute atomic E-state index is 0.0454. The van der Waals surface area contributed by atoms with Gasteiger partial charge in [-0.25, -0.2) is 0 Å². The lowest BCUT2D eigenvalue weighted by Crippen LogP contribution is -2.14. The first-order valence-corrected chi connectivity index (χ1v) is 9.78. The van der Waals surface area contributed by atoms with Crippen molar-refractivity contribution in [3.05, 3.63) is 99.6 Å². The van der Waals surface area contributed by atoms with Crippen molar-refractivity contribution in [2.45, 2.75) is 13.5 Å². The number of nitrogens with zero attached hydrogens (tertiary/aromatic N) is 2. The molecule has 3 rings (SSSR count). The summed E-state index contributed by atoms with van der Waals surface area (Å²) in [4.78, 5) is 12.5. The second kappa shape index (κ2) is 10.1. The van der Waals surface area contributed by atoms with E-state index in [0.717, 1.165) is 11.1 Å². The highest BCUT2D eigenvalue weighted by Gasteiger charge is 2.12. The minimum Gasteiger partial charge on any atom is -0.487 e. The monoisotopic (exact) mass is 427 g/mol. The molecule has 0 heterocycles. The lowest BCUT2D eigenvalue weighted by Gasteiger charge is -2.10. The van der Waals surface area contributed by atoms with E-state index in [9.17, 15) is 10.1 Å². The maximum atomic E-state index is 12.5. The third-order valence-corrected chi connectivity index (χ3v) is 4.84. The van der Waals surface area contributed by atoms with E-state index in [4.69, 9.17) is 21.6 Å². The third-order valence-electron chi connectivity index (χ3n) is 4.55. The number of halogens is 1. The Morgan fingerprint density at radius 3 is 2.55 bits per heavy atom. The molecule has 1 N–H and O–H groups in total. The van der Waals surface area contributed by atoms with Gasteiger partial charge in [-0.1, -0.05) is 54.1 Å². The average molecular weight is 428 g/mol. The van der Waals surface area contributed by atoms with Gasteiger partial charge in [0.05, 0.1) is 16.7 Å². The number of nitriles is 2. The van der Waals surface area contributed by atoms with Crippen LogP contribution in [0.5, 0.6) is 5.75 Å². The van der Waals surface area contributed by atoms with Gasteiger partial charge in [-0.15, -0.1) is 0 Å². The quantitative estimate of drug-likeness (QED) is 0.407. The molecule has 5 nitrogen and oxygen atoms in total. The summed E-state index contributed by atoms with van der Waals surface area (Å²) >= 11 is 6.32. The van der Waals surface area contributed by atoms with Gasteiger partial charge in [0.1, 0.15) is 24.0 Å². The zero-order valence-electron chi connectivity index (χ0n) is 16.7. The van der Waals surface area contributed by atoms with Crippen molar-refractivity contribution in [1.29, 1.82) is 10.5 Å². The van der Waals surface area contributed by atoms with Gasteiger partial charge in [-0.3, -0.25) is 4.79 Å². The van der Waals surface area contributed by atoms with E-state index in [1.807, 2.05) is 43.3 Å². The number of para-hydroxylation sites is 1. The second-order valence-corrected chi connectivity index (χ2v) is 7.09. The van der Waals surface area contributed by atoms with Gasteiger partial charge in [0, 0.05) is 11.3 Å². The summed E-state index contributed by atoms with van der Waals surface area (Å²) in [6.07, 6.45) is 1.47. The fraction of sp³-hybridized carbons (Fsp3) is 0.0800. The second-order valence-electron chi connectivity index (χ2n) is 6.69. The molecule has 6 heteroatoms. The molecule has 0 saturated carbocycles. The van der Waals surface area contributed by atoms with Crippen molar-refractivity contribution >= 4 is 29.3 Å². The van der Waals surface area contributed by atoms with E-state index in [2.05, 4.69) is 11.4 Å². The molecular formula is C25H18ClN3O2.